The Morgan fingerprint density at radius 3 is 2.67 bits per heavy atom. The number of aromatic hydroxyl groups is 1. The summed E-state index contributed by atoms with van der Waals surface area (Å²) in [6.07, 6.45) is 0.338. The van der Waals surface area contributed by atoms with Gasteiger partial charge in [0.15, 0.2) is 11.2 Å². The lowest BCUT2D eigenvalue weighted by Crippen LogP contribution is -2.30. The minimum atomic E-state index is -0.850. The Morgan fingerprint density at radius 1 is 1.56 bits per heavy atom. The van der Waals surface area contributed by atoms with Crippen molar-refractivity contribution in [2.45, 2.75) is 27.2 Å². The number of carbonyl (C=O) groups excluding carboxylic acids is 1. The normalized spacial score (nSPS) is 10.7. The summed E-state index contributed by atoms with van der Waals surface area (Å²) in [4.78, 5) is 15.1. The average Bonchev–Trinajstić information content (AvgIpc) is 2.29. The fraction of sp³-hybridized carbons (Fsp3) is 0.545. The molecule has 0 bridgehead atoms. The topological polar surface area (TPSA) is 108 Å². The highest BCUT2D eigenvalue weighted by Gasteiger charge is 2.20. The molecule has 0 aliphatic rings. The van der Waals surface area contributed by atoms with Gasteiger partial charge < -0.3 is 15.1 Å². The first-order chi connectivity index (χ1) is 8.38. The largest absolute Gasteiger partial charge is 0.492 e. The summed E-state index contributed by atoms with van der Waals surface area (Å²) < 4.78 is 5.15. The molecule has 0 radical (unpaired) electrons. The smallest absolute Gasteiger partial charge is 0.361 e. The predicted molar refractivity (Wildman–Crippen MR) is 61.4 cm³/mol. The molecule has 0 atom stereocenters. The second kappa shape index (κ2) is 5.52. The van der Waals surface area contributed by atoms with Gasteiger partial charge in [0.05, 0.1) is 6.61 Å². The Morgan fingerprint density at radius 2 is 2.17 bits per heavy atom. The van der Waals surface area contributed by atoms with Crippen LogP contribution >= 0.6 is 0 Å². The van der Waals surface area contributed by atoms with Gasteiger partial charge in [0.25, 0.3) is 0 Å². The molecule has 0 aliphatic heterocycles. The highest BCUT2D eigenvalue weighted by atomic mass is 16.5. The van der Waals surface area contributed by atoms with E-state index >= 15 is 0 Å². The summed E-state index contributed by atoms with van der Waals surface area (Å²) in [6.45, 7) is 5.52. The van der Waals surface area contributed by atoms with Gasteiger partial charge in [-0.25, -0.2) is 9.78 Å². The second-order valence-corrected chi connectivity index (χ2v) is 4.21. The zero-order chi connectivity index (χ0) is 13.9. The minimum Gasteiger partial charge on any atom is -0.492 e. The van der Waals surface area contributed by atoms with Crippen molar-refractivity contribution in [2.24, 2.45) is 5.92 Å². The van der Waals surface area contributed by atoms with Crippen LogP contribution in [0.3, 0.4) is 0 Å². The van der Waals surface area contributed by atoms with E-state index < -0.39 is 23.0 Å². The van der Waals surface area contributed by atoms with Crippen molar-refractivity contribution in [2.75, 3.05) is 6.61 Å². The Hall–Kier alpha value is -2.05. The maximum atomic E-state index is 11.5. The highest BCUT2D eigenvalue weighted by molar-refractivity contribution is 5.86. The minimum absolute atomic E-state index is 0.100. The Labute approximate surface area is 104 Å². The average molecular weight is 255 g/mol. The third-order valence-electron chi connectivity index (χ3n) is 2.24. The lowest BCUT2D eigenvalue weighted by Gasteiger charge is -2.12. The van der Waals surface area contributed by atoms with Crippen LogP contribution in [0.4, 0.5) is 0 Å². The molecule has 1 aromatic rings. The van der Waals surface area contributed by atoms with Crippen LogP contribution in [-0.4, -0.2) is 32.6 Å². The Balaban J connectivity index is 3.28. The monoisotopic (exact) mass is 255 g/mol. The number of hydrogen-bond donors (Lipinski definition) is 3. The molecule has 1 heterocycles. The van der Waals surface area contributed by atoms with Crippen molar-refractivity contribution in [3.8, 4) is 5.88 Å². The summed E-state index contributed by atoms with van der Waals surface area (Å²) >= 11 is 0. The van der Waals surface area contributed by atoms with Gasteiger partial charge in [-0.2, -0.15) is 4.73 Å². The van der Waals surface area contributed by atoms with E-state index in [0.717, 1.165) is 0 Å². The van der Waals surface area contributed by atoms with Crippen molar-refractivity contribution >= 4 is 5.97 Å². The van der Waals surface area contributed by atoms with E-state index in [4.69, 9.17) is 5.41 Å². The van der Waals surface area contributed by atoms with Gasteiger partial charge in [0.1, 0.15) is 5.69 Å². The van der Waals surface area contributed by atoms with E-state index in [2.05, 4.69) is 9.72 Å². The number of hydrogen-bond acceptors (Lipinski definition) is 6. The fourth-order valence-electron chi connectivity index (χ4n) is 1.46. The van der Waals surface area contributed by atoms with Crippen molar-refractivity contribution < 1.29 is 19.8 Å². The molecule has 0 aromatic carbocycles. The molecule has 100 valence electrons. The van der Waals surface area contributed by atoms with Crippen molar-refractivity contribution in [1.29, 1.82) is 5.41 Å². The van der Waals surface area contributed by atoms with E-state index in [9.17, 15) is 15.1 Å². The third-order valence-corrected chi connectivity index (χ3v) is 2.24. The Kier molecular flexibility index (Phi) is 4.30. The molecule has 3 N–H and O–H groups in total. The van der Waals surface area contributed by atoms with E-state index in [0.29, 0.717) is 11.2 Å². The first-order valence-electron chi connectivity index (χ1n) is 5.64. The molecular weight excluding hydrogens is 238 g/mol. The number of ether oxygens (including phenoxy) is 1. The summed E-state index contributed by atoms with van der Waals surface area (Å²) in [5.74, 6) is -1.16. The molecule has 0 spiro atoms. The molecule has 1 rings (SSSR count). The zero-order valence-corrected chi connectivity index (χ0v) is 10.6. The zero-order valence-electron chi connectivity index (χ0n) is 10.6. The summed E-state index contributed by atoms with van der Waals surface area (Å²) in [5, 5.41) is 27.1. The standard InChI is InChI=1S/C11H17N3O4/c1-4-18-11(16)8-9(12)14(17)7(5-6(2)3)10(15)13-8/h6,12,15,17H,4-5H2,1-3H3. The van der Waals surface area contributed by atoms with Gasteiger partial charge in [0, 0.05) is 0 Å². The van der Waals surface area contributed by atoms with E-state index in [1.54, 1.807) is 6.92 Å². The van der Waals surface area contributed by atoms with Crippen molar-refractivity contribution in [3.63, 3.8) is 0 Å². The van der Waals surface area contributed by atoms with Gasteiger partial charge in [-0.3, -0.25) is 5.41 Å². The number of nitrogens with one attached hydrogen (secondary N) is 1. The van der Waals surface area contributed by atoms with Crippen LogP contribution in [-0.2, 0) is 11.2 Å². The van der Waals surface area contributed by atoms with Crippen molar-refractivity contribution in [3.05, 3.63) is 16.9 Å². The van der Waals surface area contributed by atoms with Crippen molar-refractivity contribution in [1.82, 2.24) is 9.71 Å². The molecule has 0 aliphatic carbocycles. The first-order valence-corrected chi connectivity index (χ1v) is 5.64. The summed E-state index contributed by atoms with van der Waals surface area (Å²) in [5.41, 5.74) is -0.811. The van der Waals surface area contributed by atoms with Crippen LogP contribution in [0.25, 0.3) is 0 Å². The van der Waals surface area contributed by atoms with Crippen LogP contribution in [0, 0.1) is 11.3 Å². The van der Waals surface area contributed by atoms with E-state index in [1.807, 2.05) is 13.8 Å². The molecule has 7 nitrogen and oxygen atoms in total. The molecule has 18 heavy (non-hydrogen) atoms. The summed E-state index contributed by atoms with van der Waals surface area (Å²) in [6, 6.07) is 0. The van der Waals surface area contributed by atoms with Gasteiger partial charge in [0.2, 0.25) is 5.88 Å². The molecule has 1 aromatic heterocycles. The maximum Gasteiger partial charge on any atom is 0.361 e. The lowest BCUT2D eigenvalue weighted by molar-refractivity contribution is 0.0504. The molecule has 0 fully saturated rings. The molecule has 0 amide bonds. The highest BCUT2D eigenvalue weighted by Crippen LogP contribution is 2.15. The fourth-order valence-corrected chi connectivity index (χ4v) is 1.46. The number of rotatable bonds is 4. The molecule has 7 heteroatoms. The van der Waals surface area contributed by atoms with Crippen LogP contribution in [0.5, 0.6) is 5.88 Å². The number of aromatic nitrogens is 2. The van der Waals surface area contributed by atoms with Crippen LogP contribution in [0.15, 0.2) is 0 Å². The van der Waals surface area contributed by atoms with Crippen LogP contribution < -0.4 is 5.49 Å². The number of carbonyl (C=O) groups is 1. The van der Waals surface area contributed by atoms with Gasteiger partial charge in [-0.05, 0) is 19.3 Å². The SMILES string of the molecule is CCOC(=O)c1nc(O)c(CC(C)C)n(O)c1=N. The molecule has 0 saturated heterocycles. The lowest BCUT2D eigenvalue weighted by atomic mass is 10.1. The second-order valence-electron chi connectivity index (χ2n) is 4.21. The number of nitrogens with zero attached hydrogens (tertiary/aromatic N) is 2. The Bertz CT molecular complexity index is 508. The van der Waals surface area contributed by atoms with E-state index in [-0.39, 0.29) is 18.2 Å². The van der Waals surface area contributed by atoms with Crippen LogP contribution in [0.1, 0.15) is 37.0 Å². The molecule has 0 unspecified atom stereocenters. The predicted octanol–water partition coefficient (Wildman–Crippen LogP) is 0.681. The first kappa shape index (κ1) is 14.0. The molecular formula is C11H17N3O4. The van der Waals surface area contributed by atoms with Gasteiger partial charge in [-0.1, -0.05) is 13.8 Å². The van der Waals surface area contributed by atoms with E-state index in [1.165, 1.54) is 0 Å². The van der Waals surface area contributed by atoms with Crippen LogP contribution in [0.2, 0.25) is 0 Å². The summed E-state index contributed by atoms with van der Waals surface area (Å²) in [7, 11) is 0. The molecule has 0 saturated carbocycles. The number of esters is 1. The quantitative estimate of drug-likeness (QED) is 0.541. The van der Waals surface area contributed by atoms with Gasteiger partial charge >= 0.3 is 5.97 Å². The maximum absolute atomic E-state index is 11.5. The van der Waals surface area contributed by atoms with Gasteiger partial charge in [-0.15, -0.1) is 0 Å². The third kappa shape index (κ3) is 2.79.